The Balaban J connectivity index is 1.70. The molecule has 0 saturated carbocycles. The summed E-state index contributed by atoms with van der Waals surface area (Å²) >= 11 is 1.38. The number of carbonyl (C=O) groups excluding carboxylic acids is 2. The number of ketones is 1. The predicted molar refractivity (Wildman–Crippen MR) is 81.8 cm³/mol. The molecule has 6 heteroatoms. The molecule has 1 aromatic carbocycles. The molecule has 0 fully saturated rings. The molecule has 3 rings (SSSR count). The summed E-state index contributed by atoms with van der Waals surface area (Å²) in [5.41, 5.74) is 2.96. The fourth-order valence-electron chi connectivity index (χ4n) is 2.56. The molecule has 2 aromatic rings. The summed E-state index contributed by atoms with van der Waals surface area (Å²) < 4.78 is 0. The number of Topliss-reactive ketones (excluding diaryl/α,β-unsaturated/α-hetero) is 1. The third-order valence-corrected chi connectivity index (χ3v) is 4.27. The highest BCUT2D eigenvalue weighted by Crippen LogP contribution is 2.32. The highest BCUT2D eigenvalue weighted by Gasteiger charge is 2.24. The normalized spacial score (nSPS) is 16.3. The molecular weight excluding hydrogens is 286 g/mol. The number of rotatable bonds is 3. The number of carbonyl (C=O) groups is 2. The average molecular weight is 301 g/mol. The second-order valence-corrected chi connectivity index (χ2v) is 5.89. The number of benzene rings is 1. The molecule has 1 aliphatic carbocycles. The van der Waals surface area contributed by atoms with Crippen molar-refractivity contribution < 1.29 is 9.59 Å². The highest BCUT2D eigenvalue weighted by molar-refractivity contribution is 7.13. The van der Waals surface area contributed by atoms with E-state index in [-0.39, 0.29) is 17.9 Å². The summed E-state index contributed by atoms with van der Waals surface area (Å²) in [4.78, 5) is 27.4. The van der Waals surface area contributed by atoms with Crippen LogP contribution in [0.5, 0.6) is 0 Å². The van der Waals surface area contributed by atoms with Crippen molar-refractivity contribution in [3.05, 3.63) is 46.5 Å². The van der Waals surface area contributed by atoms with Crippen LogP contribution in [0.3, 0.4) is 0 Å². The van der Waals surface area contributed by atoms with Crippen molar-refractivity contribution in [2.45, 2.75) is 25.8 Å². The van der Waals surface area contributed by atoms with E-state index in [9.17, 15) is 9.59 Å². The van der Waals surface area contributed by atoms with E-state index < -0.39 is 0 Å². The Morgan fingerprint density at radius 2 is 2.24 bits per heavy atom. The molecule has 1 aliphatic rings. The fourth-order valence-corrected chi connectivity index (χ4v) is 3.09. The van der Waals surface area contributed by atoms with E-state index in [0.29, 0.717) is 5.13 Å². The molecule has 5 nitrogen and oxygen atoms in total. The number of anilines is 1. The average Bonchev–Trinajstić information content (AvgIpc) is 3.08. The van der Waals surface area contributed by atoms with Gasteiger partial charge in [0.1, 0.15) is 0 Å². The van der Waals surface area contributed by atoms with Crippen LogP contribution in [0.25, 0.3) is 0 Å². The summed E-state index contributed by atoms with van der Waals surface area (Å²) in [6.45, 7) is 1.56. The summed E-state index contributed by atoms with van der Waals surface area (Å²) in [6, 6.07) is 5.42. The number of fused-ring (bicyclic) bond motifs is 1. The predicted octanol–water partition coefficient (Wildman–Crippen LogP) is 3.15. The maximum Gasteiger partial charge on any atom is 0.321 e. The molecule has 0 spiro atoms. The van der Waals surface area contributed by atoms with Gasteiger partial charge in [0.05, 0.1) is 6.04 Å². The lowest BCUT2D eigenvalue weighted by Crippen LogP contribution is -2.31. The minimum absolute atomic E-state index is 0.0130. The van der Waals surface area contributed by atoms with Crippen molar-refractivity contribution in [2.75, 3.05) is 5.32 Å². The minimum atomic E-state index is -0.251. The number of thiazole rings is 1. The zero-order valence-electron chi connectivity index (χ0n) is 11.6. The first-order chi connectivity index (χ1) is 10.1. The Morgan fingerprint density at radius 3 is 2.95 bits per heavy atom. The number of nitrogens with one attached hydrogen (secondary N) is 2. The largest absolute Gasteiger partial charge is 0.331 e. The van der Waals surface area contributed by atoms with E-state index in [1.54, 1.807) is 13.1 Å². The lowest BCUT2D eigenvalue weighted by atomic mass is 10.0. The van der Waals surface area contributed by atoms with Gasteiger partial charge in [-0.25, -0.2) is 9.78 Å². The first-order valence-electron chi connectivity index (χ1n) is 6.74. The summed E-state index contributed by atoms with van der Waals surface area (Å²) in [5, 5.41) is 8.06. The molecule has 0 saturated heterocycles. The van der Waals surface area contributed by atoms with E-state index in [1.165, 1.54) is 11.3 Å². The summed E-state index contributed by atoms with van der Waals surface area (Å²) in [7, 11) is 0. The first kappa shape index (κ1) is 13.8. The number of nitrogens with zero attached hydrogens (tertiary/aromatic N) is 1. The van der Waals surface area contributed by atoms with Gasteiger partial charge >= 0.3 is 6.03 Å². The third kappa shape index (κ3) is 2.95. The second-order valence-electron chi connectivity index (χ2n) is 5.00. The quantitative estimate of drug-likeness (QED) is 0.855. The standard InChI is InChI=1S/C15H15N3O2S/c1-9(19)10-2-4-12-11(8-10)3-5-13(12)17-14(20)18-15-16-6-7-21-15/h2,4,6-8,13H,3,5H2,1H3,(H2,16,17,18,20). The van der Waals surface area contributed by atoms with Gasteiger partial charge in [-0.1, -0.05) is 12.1 Å². The Kier molecular flexibility index (Phi) is 3.70. The van der Waals surface area contributed by atoms with Crippen molar-refractivity contribution in [3.63, 3.8) is 0 Å². The lowest BCUT2D eigenvalue weighted by molar-refractivity contribution is 0.101. The third-order valence-electron chi connectivity index (χ3n) is 3.59. The van der Waals surface area contributed by atoms with Crippen molar-refractivity contribution in [3.8, 4) is 0 Å². The number of amides is 2. The summed E-state index contributed by atoms with van der Waals surface area (Å²) in [6.07, 6.45) is 3.37. The van der Waals surface area contributed by atoms with Crippen LogP contribution >= 0.6 is 11.3 Å². The molecule has 1 heterocycles. The molecule has 0 aliphatic heterocycles. The van der Waals surface area contributed by atoms with Gasteiger partial charge in [-0.3, -0.25) is 10.1 Å². The molecule has 108 valence electrons. The monoisotopic (exact) mass is 301 g/mol. The van der Waals surface area contributed by atoms with Crippen LogP contribution in [-0.2, 0) is 6.42 Å². The Morgan fingerprint density at radius 1 is 1.38 bits per heavy atom. The Labute approximate surface area is 126 Å². The van der Waals surface area contributed by atoms with Crippen LogP contribution in [0.1, 0.15) is 40.9 Å². The van der Waals surface area contributed by atoms with Crippen molar-refractivity contribution in [2.24, 2.45) is 0 Å². The van der Waals surface area contributed by atoms with Crippen LogP contribution < -0.4 is 10.6 Å². The van der Waals surface area contributed by atoms with Crippen LogP contribution in [-0.4, -0.2) is 16.8 Å². The van der Waals surface area contributed by atoms with Crippen LogP contribution in [0.15, 0.2) is 29.8 Å². The number of aromatic nitrogens is 1. The van der Waals surface area contributed by atoms with Gasteiger partial charge in [0, 0.05) is 17.1 Å². The van der Waals surface area contributed by atoms with Gasteiger partial charge in [-0.2, -0.15) is 0 Å². The van der Waals surface area contributed by atoms with E-state index in [4.69, 9.17) is 0 Å². The van der Waals surface area contributed by atoms with Crippen LogP contribution in [0, 0.1) is 0 Å². The molecule has 2 N–H and O–H groups in total. The Bertz CT molecular complexity index is 682. The maximum absolute atomic E-state index is 11.9. The number of hydrogen-bond acceptors (Lipinski definition) is 4. The van der Waals surface area contributed by atoms with Crippen molar-refractivity contribution in [1.82, 2.24) is 10.3 Å². The number of aryl methyl sites for hydroxylation is 1. The highest BCUT2D eigenvalue weighted by atomic mass is 32.1. The maximum atomic E-state index is 11.9. The van der Waals surface area contributed by atoms with E-state index >= 15 is 0 Å². The van der Waals surface area contributed by atoms with Crippen molar-refractivity contribution in [1.29, 1.82) is 0 Å². The Hall–Kier alpha value is -2.21. The topological polar surface area (TPSA) is 71.1 Å². The molecule has 0 radical (unpaired) electrons. The second kappa shape index (κ2) is 5.65. The van der Waals surface area contributed by atoms with Gasteiger partial charge in [0.2, 0.25) is 0 Å². The van der Waals surface area contributed by atoms with Crippen LogP contribution in [0.2, 0.25) is 0 Å². The van der Waals surface area contributed by atoms with Gasteiger partial charge in [0.25, 0.3) is 0 Å². The SMILES string of the molecule is CC(=O)c1ccc2c(c1)CCC2NC(=O)Nc1nccs1. The summed E-state index contributed by atoms with van der Waals surface area (Å²) in [5.74, 6) is 0.0655. The van der Waals surface area contributed by atoms with Crippen LogP contribution in [0.4, 0.5) is 9.93 Å². The van der Waals surface area contributed by atoms with Crippen molar-refractivity contribution >= 4 is 28.3 Å². The van der Waals surface area contributed by atoms with E-state index in [2.05, 4.69) is 15.6 Å². The fraction of sp³-hybridized carbons (Fsp3) is 0.267. The molecular formula is C15H15N3O2S. The molecule has 2 amide bonds. The zero-order valence-corrected chi connectivity index (χ0v) is 12.4. The number of urea groups is 1. The minimum Gasteiger partial charge on any atom is -0.331 e. The van der Waals surface area contributed by atoms with Gasteiger partial charge in [0.15, 0.2) is 10.9 Å². The number of hydrogen-bond donors (Lipinski definition) is 2. The van der Waals surface area contributed by atoms with Gasteiger partial charge < -0.3 is 5.32 Å². The van der Waals surface area contributed by atoms with E-state index in [0.717, 1.165) is 29.5 Å². The van der Waals surface area contributed by atoms with Gasteiger partial charge in [-0.15, -0.1) is 11.3 Å². The zero-order chi connectivity index (χ0) is 14.8. The molecule has 0 bridgehead atoms. The van der Waals surface area contributed by atoms with Gasteiger partial charge in [-0.05, 0) is 37.0 Å². The molecule has 21 heavy (non-hydrogen) atoms. The molecule has 1 atom stereocenters. The van der Waals surface area contributed by atoms with E-state index in [1.807, 2.05) is 23.6 Å². The lowest BCUT2D eigenvalue weighted by Gasteiger charge is -2.14. The molecule has 1 unspecified atom stereocenters. The smallest absolute Gasteiger partial charge is 0.321 e. The first-order valence-corrected chi connectivity index (χ1v) is 7.62. The molecule has 1 aromatic heterocycles.